The van der Waals surface area contributed by atoms with Crippen molar-refractivity contribution in [2.24, 2.45) is 0 Å². The van der Waals surface area contributed by atoms with Gasteiger partial charge in [-0.25, -0.2) is 0 Å². The van der Waals surface area contributed by atoms with E-state index in [4.69, 9.17) is 9.26 Å². The Labute approximate surface area is 145 Å². The second-order valence-corrected chi connectivity index (χ2v) is 5.45. The van der Waals surface area contributed by atoms with Gasteiger partial charge in [-0.2, -0.15) is 4.98 Å². The molecule has 0 aliphatic carbocycles. The van der Waals surface area contributed by atoms with Gasteiger partial charge < -0.3 is 14.6 Å². The van der Waals surface area contributed by atoms with Crippen LogP contribution >= 0.6 is 0 Å². The van der Waals surface area contributed by atoms with Crippen LogP contribution in [0, 0.1) is 0 Å². The maximum Gasteiger partial charge on any atom is 0.255 e. The van der Waals surface area contributed by atoms with E-state index < -0.39 is 6.04 Å². The van der Waals surface area contributed by atoms with Gasteiger partial charge in [-0.3, -0.25) is 4.79 Å². The quantitative estimate of drug-likeness (QED) is 0.743. The average Bonchev–Trinajstić information content (AvgIpc) is 3.13. The maximum atomic E-state index is 12.5. The van der Waals surface area contributed by atoms with Crippen LogP contribution in [0.4, 0.5) is 0 Å². The second-order valence-electron chi connectivity index (χ2n) is 5.45. The molecule has 25 heavy (non-hydrogen) atoms. The van der Waals surface area contributed by atoms with Crippen molar-refractivity contribution < 1.29 is 14.1 Å². The van der Waals surface area contributed by atoms with Crippen molar-refractivity contribution in [1.82, 2.24) is 15.5 Å². The molecule has 6 nitrogen and oxygen atoms in total. The fourth-order valence-electron chi connectivity index (χ4n) is 2.39. The number of para-hydroxylation sites is 1. The Bertz CT molecular complexity index is 846. The zero-order chi connectivity index (χ0) is 17.6. The van der Waals surface area contributed by atoms with Crippen molar-refractivity contribution >= 4 is 5.91 Å². The molecular formula is C19H19N3O3. The summed E-state index contributed by atoms with van der Waals surface area (Å²) in [6, 6.07) is 16.2. The molecule has 1 atom stereocenters. The third kappa shape index (κ3) is 3.85. The van der Waals surface area contributed by atoms with Crippen LogP contribution in [0.1, 0.15) is 36.1 Å². The molecule has 6 heteroatoms. The molecule has 0 bridgehead atoms. The average molecular weight is 337 g/mol. The molecule has 0 saturated carbocycles. The van der Waals surface area contributed by atoms with Crippen molar-refractivity contribution in [2.75, 3.05) is 6.61 Å². The maximum absolute atomic E-state index is 12.5. The van der Waals surface area contributed by atoms with Crippen LogP contribution in [0.3, 0.4) is 0 Å². The lowest BCUT2D eigenvalue weighted by Crippen LogP contribution is -2.27. The standard InChI is InChI=1S/C19H19N3O3/c1-3-24-16-12-8-7-11-15(16)18(23)20-13(2)19-21-17(22-25-19)14-9-5-4-6-10-14/h4-13H,3H2,1-2H3,(H,20,23). The van der Waals surface area contributed by atoms with Gasteiger partial charge in [0.25, 0.3) is 5.91 Å². The molecule has 1 unspecified atom stereocenters. The van der Waals surface area contributed by atoms with Crippen LogP contribution in [0.2, 0.25) is 0 Å². The van der Waals surface area contributed by atoms with Crippen LogP contribution < -0.4 is 10.1 Å². The molecule has 0 spiro atoms. The number of nitrogens with one attached hydrogen (secondary N) is 1. The normalized spacial score (nSPS) is 11.8. The Morgan fingerprint density at radius 3 is 2.64 bits per heavy atom. The van der Waals surface area contributed by atoms with E-state index in [-0.39, 0.29) is 5.91 Å². The number of rotatable bonds is 6. The van der Waals surface area contributed by atoms with Crippen LogP contribution in [0.25, 0.3) is 11.4 Å². The van der Waals surface area contributed by atoms with Crippen molar-refractivity contribution in [3.05, 3.63) is 66.1 Å². The largest absolute Gasteiger partial charge is 0.493 e. The van der Waals surface area contributed by atoms with Gasteiger partial charge in [0.2, 0.25) is 11.7 Å². The molecule has 0 aliphatic heterocycles. The first-order valence-electron chi connectivity index (χ1n) is 8.10. The number of hydrogen-bond acceptors (Lipinski definition) is 5. The number of benzene rings is 2. The molecule has 1 amide bonds. The molecule has 3 rings (SSSR count). The molecule has 0 aliphatic rings. The summed E-state index contributed by atoms with van der Waals surface area (Å²) < 4.78 is 10.8. The van der Waals surface area contributed by atoms with Crippen LogP contribution in [0.5, 0.6) is 5.75 Å². The molecular weight excluding hydrogens is 318 g/mol. The fourth-order valence-corrected chi connectivity index (χ4v) is 2.39. The topological polar surface area (TPSA) is 77.2 Å². The summed E-state index contributed by atoms with van der Waals surface area (Å²) in [5.41, 5.74) is 1.33. The van der Waals surface area contributed by atoms with E-state index in [1.165, 1.54) is 0 Å². The summed E-state index contributed by atoms with van der Waals surface area (Å²) in [7, 11) is 0. The van der Waals surface area contributed by atoms with Gasteiger partial charge in [0.15, 0.2) is 0 Å². The van der Waals surface area contributed by atoms with Crippen molar-refractivity contribution in [3.63, 3.8) is 0 Å². The molecule has 0 saturated heterocycles. The summed E-state index contributed by atoms with van der Waals surface area (Å²) in [6.07, 6.45) is 0. The van der Waals surface area contributed by atoms with E-state index >= 15 is 0 Å². The van der Waals surface area contributed by atoms with Gasteiger partial charge in [0.05, 0.1) is 12.2 Å². The van der Waals surface area contributed by atoms with Crippen molar-refractivity contribution in [1.29, 1.82) is 0 Å². The summed E-state index contributed by atoms with van der Waals surface area (Å²) in [6.45, 7) is 4.16. The number of nitrogens with zero attached hydrogens (tertiary/aromatic N) is 2. The minimum absolute atomic E-state index is 0.254. The second kappa shape index (κ2) is 7.61. The predicted molar refractivity (Wildman–Crippen MR) is 93.2 cm³/mol. The first kappa shape index (κ1) is 16.7. The molecule has 0 fully saturated rings. The third-order valence-corrected chi connectivity index (χ3v) is 3.62. The zero-order valence-electron chi connectivity index (χ0n) is 14.1. The highest BCUT2D eigenvalue weighted by Gasteiger charge is 2.20. The summed E-state index contributed by atoms with van der Waals surface area (Å²) >= 11 is 0. The number of carbonyl (C=O) groups excluding carboxylic acids is 1. The van der Waals surface area contributed by atoms with Crippen LogP contribution in [-0.4, -0.2) is 22.7 Å². The molecule has 1 heterocycles. The number of ether oxygens (including phenoxy) is 1. The first-order valence-corrected chi connectivity index (χ1v) is 8.10. The highest BCUT2D eigenvalue weighted by atomic mass is 16.5. The minimum Gasteiger partial charge on any atom is -0.493 e. The molecule has 128 valence electrons. The Morgan fingerprint density at radius 2 is 1.88 bits per heavy atom. The van der Waals surface area contributed by atoms with Gasteiger partial charge in [0, 0.05) is 5.56 Å². The van der Waals surface area contributed by atoms with Gasteiger partial charge in [-0.1, -0.05) is 47.6 Å². The van der Waals surface area contributed by atoms with E-state index in [9.17, 15) is 4.79 Å². The van der Waals surface area contributed by atoms with Gasteiger partial charge in [-0.05, 0) is 26.0 Å². The Kier molecular flexibility index (Phi) is 5.09. The highest BCUT2D eigenvalue weighted by molar-refractivity contribution is 5.97. The van der Waals surface area contributed by atoms with Crippen molar-refractivity contribution in [3.8, 4) is 17.1 Å². The van der Waals surface area contributed by atoms with Crippen LogP contribution in [0.15, 0.2) is 59.1 Å². The number of amides is 1. The molecule has 1 aromatic heterocycles. The third-order valence-electron chi connectivity index (χ3n) is 3.62. The summed E-state index contributed by atoms with van der Waals surface area (Å²) in [4.78, 5) is 16.9. The van der Waals surface area contributed by atoms with E-state index in [1.54, 1.807) is 25.1 Å². The van der Waals surface area contributed by atoms with E-state index in [1.807, 2.05) is 43.3 Å². The fraction of sp³-hybridized carbons (Fsp3) is 0.211. The molecule has 1 N–H and O–H groups in total. The zero-order valence-corrected chi connectivity index (χ0v) is 14.1. The van der Waals surface area contributed by atoms with E-state index in [0.29, 0.717) is 29.6 Å². The Balaban J connectivity index is 1.73. The van der Waals surface area contributed by atoms with Gasteiger partial charge in [0.1, 0.15) is 11.8 Å². The lowest BCUT2D eigenvalue weighted by Gasteiger charge is -2.12. The van der Waals surface area contributed by atoms with Crippen molar-refractivity contribution in [2.45, 2.75) is 19.9 Å². The smallest absolute Gasteiger partial charge is 0.255 e. The predicted octanol–water partition coefficient (Wildman–Crippen LogP) is 3.63. The summed E-state index contributed by atoms with van der Waals surface area (Å²) in [5, 5.41) is 6.83. The Morgan fingerprint density at radius 1 is 1.16 bits per heavy atom. The highest BCUT2D eigenvalue weighted by Crippen LogP contribution is 2.21. The van der Waals surface area contributed by atoms with Gasteiger partial charge in [-0.15, -0.1) is 0 Å². The van der Waals surface area contributed by atoms with E-state index in [2.05, 4.69) is 15.5 Å². The molecule has 0 radical (unpaired) electrons. The number of carbonyl (C=O) groups is 1. The number of hydrogen-bond donors (Lipinski definition) is 1. The number of aromatic nitrogens is 2. The SMILES string of the molecule is CCOc1ccccc1C(=O)NC(C)c1nc(-c2ccccc2)no1. The van der Waals surface area contributed by atoms with E-state index in [0.717, 1.165) is 5.56 Å². The summed E-state index contributed by atoms with van der Waals surface area (Å²) in [5.74, 6) is 1.13. The Hall–Kier alpha value is -3.15. The lowest BCUT2D eigenvalue weighted by molar-refractivity contribution is 0.0928. The molecule has 2 aromatic carbocycles. The van der Waals surface area contributed by atoms with Crippen LogP contribution in [-0.2, 0) is 0 Å². The van der Waals surface area contributed by atoms with Gasteiger partial charge >= 0.3 is 0 Å². The first-order chi connectivity index (χ1) is 12.2. The molecule has 3 aromatic rings. The lowest BCUT2D eigenvalue weighted by atomic mass is 10.1. The minimum atomic E-state index is -0.424. The monoisotopic (exact) mass is 337 g/mol.